The van der Waals surface area contributed by atoms with Gasteiger partial charge in [0.1, 0.15) is 0 Å². The van der Waals surface area contributed by atoms with E-state index in [1.54, 1.807) is 63.3 Å². The van der Waals surface area contributed by atoms with Crippen LogP contribution in [0.1, 0.15) is 21.3 Å². The molecular formula is C33H39B2Li2N14O2-. The van der Waals surface area contributed by atoms with Crippen molar-refractivity contribution >= 4 is 30.7 Å². The summed E-state index contributed by atoms with van der Waals surface area (Å²) in [5.74, 6) is -0.375. The summed E-state index contributed by atoms with van der Waals surface area (Å²) in [6, 6.07) is 21.4. The summed E-state index contributed by atoms with van der Waals surface area (Å²) in [4.78, 5) is 14.6. The Morgan fingerprint density at radius 2 is 1.00 bits per heavy atom. The average molecular weight is 699 g/mol. The van der Waals surface area contributed by atoms with E-state index in [1.165, 1.54) is 20.0 Å². The van der Waals surface area contributed by atoms with Crippen molar-refractivity contribution in [3.8, 4) is 0 Å². The zero-order valence-corrected chi connectivity index (χ0v) is 29.5. The molecule has 7 rings (SSSR count). The molecule has 16 nitrogen and oxygen atoms in total. The van der Waals surface area contributed by atoms with E-state index in [9.17, 15) is 9.90 Å². The van der Waals surface area contributed by atoms with Gasteiger partial charge in [0.25, 0.3) is 0 Å². The molecule has 20 heteroatoms. The van der Waals surface area contributed by atoms with Gasteiger partial charge in [-0.3, -0.25) is 4.79 Å². The largest absolute Gasteiger partial charge is 1.00 e. The summed E-state index contributed by atoms with van der Waals surface area (Å²) < 4.78 is 10.9. The Morgan fingerprint density at radius 3 is 1.26 bits per heavy atom. The van der Waals surface area contributed by atoms with Crippen molar-refractivity contribution in [3.05, 3.63) is 165 Å². The van der Waals surface area contributed by atoms with Crippen LogP contribution in [0.2, 0.25) is 0 Å². The van der Waals surface area contributed by atoms with Gasteiger partial charge in [-0.25, -0.2) is 30.6 Å². The maximum Gasteiger partial charge on any atom is 1.00 e. The molecule has 0 aliphatic carbocycles. The van der Waals surface area contributed by atoms with E-state index in [4.69, 9.17) is 5.73 Å². The van der Waals surface area contributed by atoms with Crippen LogP contribution in [-0.2, 0) is 4.79 Å². The van der Waals surface area contributed by atoms with Gasteiger partial charge in [-0.1, -0.05) is 44.7 Å². The van der Waals surface area contributed by atoms with E-state index in [0.29, 0.717) is 0 Å². The van der Waals surface area contributed by atoms with Crippen LogP contribution in [0.4, 0.5) is 0 Å². The maximum absolute atomic E-state index is 9.98. The average Bonchev–Trinajstić information content (AvgIpc) is 3.98. The normalized spacial score (nSPS) is 11.3. The van der Waals surface area contributed by atoms with Crippen molar-refractivity contribution in [2.45, 2.75) is 21.3 Å². The molecule has 2 N–H and O–H groups in total. The summed E-state index contributed by atoms with van der Waals surface area (Å²) in [5, 5.41) is 36.5. The second-order valence-electron chi connectivity index (χ2n) is 10.8. The molecule has 0 fully saturated rings. The molecule has 0 amide bonds. The number of carbonyl (C=O) groups is 1. The number of hydrogen-bond acceptors (Lipinski definition) is 10. The van der Waals surface area contributed by atoms with Gasteiger partial charge in [0.2, 0.25) is 0 Å². The molecule has 6 heterocycles. The molecule has 0 saturated heterocycles. The predicted molar refractivity (Wildman–Crippen MR) is 196 cm³/mol. The summed E-state index contributed by atoms with van der Waals surface area (Å²) in [7, 11) is 0. The van der Waals surface area contributed by atoms with Gasteiger partial charge in [0, 0.05) is 37.2 Å². The molecule has 1 aromatic carbocycles. The first kappa shape index (κ1) is 43.4. The predicted octanol–water partition coefficient (Wildman–Crippen LogP) is -4.25. The van der Waals surface area contributed by atoms with Crippen LogP contribution >= 0.6 is 0 Å². The summed E-state index contributed by atoms with van der Waals surface area (Å²) >= 11 is 0. The van der Waals surface area contributed by atoms with E-state index in [1.807, 2.05) is 106 Å². The third kappa shape index (κ3) is 9.76. The van der Waals surface area contributed by atoms with Crippen molar-refractivity contribution in [3.63, 3.8) is 0 Å². The molecule has 7 aromatic rings. The molecular weight excluding hydrogens is 660 g/mol. The first-order valence-corrected chi connectivity index (χ1v) is 15.5. The Labute approximate surface area is 332 Å². The maximum atomic E-state index is 9.98. The fourth-order valence-electron chi connectivity index (χ4n) is 5.54. The minimum atomic E-state index is -1.92. The fraction of sp³-hybridized carbons (Fsp3) is 0.0909. The van der Waals surface area contributed by atoms with Crippen LogP contribution in [0.5, 0.6) is 0 Å². The molecule has 0 atom stereocenters. The number of carbonyl (C=O) groups excluding carboxylic acids is 1. The number of ketones is 1. The van der Waals surface area contributed by atoms with Crippen LogP contribution in [0.25, 0.3) is 0 Å². The van der Waals surface area contributed by atoms with Crippen LogP contribution < -0.4 is 54.0 Å². The Bertz CT molecular complexity index is 1890. The molecule has 0 unspecified atom stereocenters. The van der Waals surface area contributed by atoms with E-state index in [0.717, 1.165) is 11.5 Å². The van der Waals surface area contributed by atoms with Gasteiger partial charge in [0.15, 0.2) is 5.78 Å². The zero-order valence-electron chi connectivity index (χ0n) is 29.5. The SMILES string of the molecule is C.CC(=O)/C=C(/C)[O-].NC=CC=N[B-](n1cccn1)(n1cccn1)n1cccn1.[Li+].[Li+].c1ccc([B-](n2cccn2)(n2cccn2)n2cccn2)cc1. The quantitative estimate of drug-likeness (QED) is 0.0640. The smallest absolute Gasteiger partial charge is 0.876 e. The number of rotatable bonds is 10. The topological polar surface area (TPSA) is 185 Å². The molecule has 0 aliphatic rings. The monoisotopic (exact) mass is 699 g/mol. The van der Waals surface area contributed by atoms with Gasteiger partial charge >= 0.3 is 51.0 Å². The summed E-state index contributed by atoms with van der Waals surface area (Å²) in [6.07, 6.45) is 27.4. The number of nitrogens with two attached hydrogens (primary N) is 1. The van der Waals surface area contributed by atoms with Crippen molar-refractivity contribution in [2.24, 2.45) is 10.6 Å². The van der Waals surface area contributed by atoms with Crippen molar-refractivity contribution in [1.29, 1.82) is 0 Å². The number of hydrogen-bond donors (Lipinski definition) is 1. The minimum Gasteiger partial charge on any atom is -0.876 e. The zero-order chi connectivity index (χ0) is 35.2. The molecule has 0 radical (unpaired) electrons. The van der Waals surface area contributed by atoms with Crippen LogP contribution in [0.15, 0.2) is 170 Å². The third-order valence-corrected chi connectivity index (χ3v) is 7.46. The van der Waals surface area contributed by atoms with Crippen molar-refractivity contribution in [1.82, 2.24) is 58.1 Å². The number of aromatic nitrogens is 12. The van der Waals surface area contributed by atoms with Gasteiger partial charge < -0.3 is 43.3 Å². The summed E-state index contributed by atoms with van der Waals surface area (Å²) in [6.45, 7) is -0.904. The van der Waals surface area contributed by atoms with E-state index < -0.39 is 13.2 Å². The second-order valence-corrected chi connectivity index (χ2v) is 10.8. The van der Waals surface area contributed by atoms with Crippen LogP contribution in [0, 0.1) is 0 Å². The van der Waals surface area contributed by atoms with Gasteiger partial charge in [-0.05, 0) is 105 Å². The summed E-state index contributed by atoms with van der Waals surface area (Å²) in [5.41, 5.74) is 6.45. The molecule has 53 heavy (non-hydrogen) atoms. The molecule has 262 valence electrons. The Balaban J connectivity index is 0.000000298. The van der Waals surface area contributed by atoms with Gasteiger partial charge in [0.05, 0.1) is 0 Å². The van der Waals surface area contributed by atoms with E-state index in [-0.39, 0.29) is 56.7 Å². The fourth-order valence-corrected chi connectivity index (χ4v) is 5.54. The minimum absolute atomic E-state index is 0. The van der Waals surface area contributed by atoms with Gasteiger partial charge in [-0.2, -0.15) is 0 Å². The van der Waals surface area contributed by atoms with E-state index in [2.05, 4.69) is 47.6 Å². The molecule has 6 aromatic heterocycles. The standard InChI is InChI=1S/C15H14BN6.C12H14BN8.C5H8O2.CH4.2Li/c1-2-7-15(8-3-1)16(20-12-4-9-17-20,21-13-5-10-18-21)22-14-6-11-19-22;14-5-1-6-15-13(19-10-2-7-16-19,20-11-3-8-17-20)21-12-4-9-18-21;1-4(6)3-5(2)7;;;/h1-14H;1-12H,14H2;3,6H,1-2H3;1H4;;/q2*-1;;;2*+1/p-1/b;;4-3-;;;. The first-order chi connectivity index (χ1) is 24.4. The molecule has 0 bridgehead atoms. The van der Waals surface area contributed by atoms with Crippen LogP contribution in [-0.4, -0.2) is 83.4 Å². The first-order valence-electron chi connectivity index (χ1n) is 15.5. The number of benzene rings is 1. The second kappa shape index (κ2) is 20.9. The van der Waals surface area contributed by atoms with E-state index >= 15 is 0 Å². The van der Waals surface area contributed by atoms with Gasteiger partial charge in [-0.15, -0.1) is 11.2 Å². The Hall–Kier alpha value is -5.78. The Morgan fingerprint density at radius 1 is 0.642 bits per heavy atom. The number of allylic oxidation sites excluding steroid dienone is 3. The Kier molecular flexibility index (Phi) is 17.1. The number of nitrogens with zero attached hydrogens (tertiary/aromatic N) is 13. The van der Waals surface area contributed by atoms with Crippen molar-refractivity contribution < 1.29 is 47.6 Å². The molecule has 0 saturated carbocycles. The van der Waals surface area contributed by atoms with Crippen molar-refractivity contribution in [2.75, 3.05) is 0 Å². The van der Waals surface area contributed by atoms with Crippen LogP contribution in [0.3, 0.4) is 0 Å². The molecule has 0 spiro atoms. The third-order valence-electron chi connectivity index (χ3n) is 7.46. The molecule has 0 aliphatic heterocycles.